The summed E-state index contributed by atoms with van der Waals surface area (Å²) in [6.45, 7) is 22.3. The van der Waals surface area contributed by atoms with Gasteiger partial charge in [0.15, 0.2) is 0 Å². The lowest BCUT2D eigenvalue weighted by Crippen LogP contribution is -2.47. The van der Waals surface area contributed by atoms with Gasteiger partial charge in [0.25, 0.3) is 0 Å². The van der Waals surface area contributed by atoms with Crippen LogP contribution in [0.5, 0.6) is 0 Å². The molecule has 142 valence electrons. The van der Waals surface area contributed by atoms with E-state index < -0.39 is 0 Å². The summed E-state index contributed by atoms with van der Waals surface area (Å²) < 4.78 is 6.25. The highest BCUT2D eigenvalue weighted by molar-refractivity contribution is 5.76. The van der Waals surface area contributed by atoms with Crippen LogP contribution in [0.3, 0.4) is 0 Å². The molecule has 0 bridgehead atoms. The zero-order valence-electron chi connectivity index (χ0n) is 18.0. The molecular formula is C22H42O2. The van der Waals surface area contributed by atoms with E-state index in [2.05, 4.69) is 69.2 Å². The normalized spacial score (nSPS) is 31.4. The summed E-state index contributed by atoms with van der Waals surface area (Å²) in [5.41, 5.74) is -0.0934. The highest BCUT2D eigenvalue weighted by Gasteiger charge is 2.45. The van der Waals surface area contributed by atoms with Gasteiger partial charge in [0.2, 0.25) is 0 Å². The summed E-state index contributed by atoms with van der Waals surface area (Å²) in [5.74, 6) is 1.61. The lowest BCUT2D eigenvalue weighted by atomic mass is 9.64. The van der Waals surface area contributed by atoms with Crippen LogP contribution < -0.4 is 0 Å². The molecule has 0 aromatic carbocycles. The molecule has 0 radical (unpaired) electrons. The van der Waals surface area contributed by atoms with Gasteiger partial charge in [-0.25, -0.2) is 0 Å². The fraction of sp³-hybridized carbons (Fsp3) is 0.955. The lowest BCUT2D eigenvalue weighted by molar-refractivity contribution is -0.176. The highest BCUT2D eigenvalue weighted by atomic mass is 16.5. The molecule has 0 amide bonds. The SMILES string of the molecule is CCC(C)(CC(C)(C)C)C(=O)OC1C(C)CC(C)CC1C(C)(C)C. The maximum absolute atomic E-state index is 13.1. The average molecular weight is 339 g/mol. The molecule has 1 rings (SSSR count). The van der Waals surface area contributed by atoms with Gasteiger partial charge in [-0.15, -0.1) is 0 Å². The number of hydrogen-bond donors (Lipinski definition) is 0. The molecule has 1 aliphatic carbocycles. The molecule has 1 fully saturated rings. The minimum atomic E-state index is -0.385. The van der Waals surface area contributed by atoms with Crippen molar-refractivity contribution < 1.29 is 9.53 Å². The summed E-state index contributed by atoms with van der Waals surface area (Å²) in [5, 5.41) is 0. The fourth-order valence-electron chi connectivity index (χ4n) is 4.65. The second kappa shape index (κ2) is 7.38. The monoisotopic (exact) mass is 338 g/mol. The van der Waals surface area contributed by atoms with Gasteiger partial charge in [-0.2, -0.15) is 0 Å². The smallest absolute Gasteiger partial charge is 0.312 e. The number of rotatable bonds is 4. The van der Waals surface area contributed by atoms with E-state index in [4.69, 9.17) is 4.74 Å². The van der Waals surface area contributed by atoms with Gasteiger partial charge < -0.3 is 4.74 Å². The van der Waals surface area contributed by atoms with Crippen molar-refractivity contribution >= 4 is 5.97 Å². The van der Waals surface area contributed by atoms with Crippen molar-refractivity contribution in [3.8, 4) is 0 Å². The van der Waals surface area contributed by atoms with Crippen LogP contribution in [-0.4, -0.2) is 12.1 Å². The number of ether oxygens (including phenoxy) is 1. The molecule has 2 nitrogen and oxygen atoms in total. The second-order valence-electron chi connectivity index (χ2n) is 11.0. The van der Waals surface area contributed by atoms with E-state index in [0.717, 1.165) is 25.7 Å². The summed E-state index contributed by atoms with van der Waals surface area (Å²) in [6.07, 6.45) is 4.08. The van der Waals surface area contributed by atoms with Crippen molar-refractivity contribution in [2.24, 2.45) is 34.0 Å². The predicted octanol–water partition coefficient (Wildman–Crippen LogP) is 6.48. The number of carbonyl (C=O) groups excluding carboxylic acids is 1. The maximum atomic E-state index is 13.1. The van der Waals surface area contributed by atoms with E-state index in [9.17, 15) is 4.79 Å². The molecule has 0 heterocycles. The first kappa shape index (κ1) is 21.5. The zero-order valence-corrected chi connectivity index (χ0v) is 18.0. The fourth-order valence-corrected chi connectivity index (χ4v) is 4.65. The van der Waals surface area contributed by atoms with Gasteiger partial charge in [-0.3, -0.25) is 4.79 Å². The van der Waals surface area contributed by atoms with Gasteiger partial charge in [0, 0.05) is 5.92 Å². The van der Waals surface area contributed by atoms with Crippen molar-refractivity contribution in [2.75, 3.05) is 0 Å². The molecule has 2 heteroatoms. The Labute approximate surface area is 151 Å². The van der Waals surface area contributed by atoms with Crippen molar-refractivity contribution in [1.29, 1.82) is 0 Å². The first-order valence-electron chi connectivity index (χ1n) is 9.90. The van der Waals surface area contributed by atoms with Crippen LogP contribution in [0, 0.1) is 34.0 Å². The van der Waals surface area contributed by atoms with E-state index in [-0.39, 0.29) is 28.3 Å². The van der Waals surface area contributed by atoms with Crippen LogP contribution in [0.15, 0.2) is 0 Å². The van der Waals surface area contributed by atoms with Crippen molar-refractivity contribution in [2.45, 2.75) is 101 Å². The van der Waals surface area contributed by atoms with Crippen LogP contribution in [0.2, 0.25) is 0 Å². The largest absolute Gasteiger partial charge is 0.461 e. The summed E-state index contributed by atoms with van der Waals surface area (Å²) in [4.78, 5) is 13.1. The van der Waals surface area contributed by atoms with Gasteiger partial charge in [0.05, 0.1) is 5.41 Å². The number of hydrogen-bond acceptors (Lipinski definition) is 2. The van der Waals surface area contributed by atoms with Crippen LogP contribution in [0.4, 0.5) is 0 Å². The van der Waals surface area contributed by atoms with Gasteiger partial charge in [0.1, 0.15) is 6.10 Å². The molecule has 1 saturated carbocycles. The predicted molar refractivity (Wildman–Crippen MR) is 103 cm³/mol. The Morgan fingerprint density at radius 2 is 1.54 bits per heavy atom. The van der Waals surface area contributed by atoms with E-state index in [1.807, 2.05) is 0 Å². The van der Waals surface area contributed by atoms with Crippen LogP contribution >= 0.6 is 0 Å². The molecule has 0 saturated heterocycles. The molecule has 0 spiro atoms. The van der Waals surface area contributed by atoms with Crippen LogP contribution in [-0.2, 0) is 9.53 Å². The third-order valence-corrected chi connectivity index (χ3v) is 5.94. The molecule has 5 atom stereocenters. The molecule has 0 aromatic heterocycles. The topological polar surface area (TPSA) is 26.3 Å². The van der Waals surface area contributed by atoms with Crippen molar-refractivity contribution in [3.05, 3.63) is 0 Å². The third kappa shape index (κ3) is 5.49. The third-order valence-electron chi connectivity index (χ3n) is 5.94. The summed E-state index contributed by atoms with van der Waals surface area (Å²) in [7, 11) is 0. The van der Waals surface area contributed by atoms with E-state index >= 15 is 0 Å². The molecular weight excluding hydrogens is 296 g/mol. The zero-order chi connectivity index (χ0) is 18.9. The second-order valence-corrected chi connectivity index (χ2v) is 11.0. The van der Waals surface area contributed by atoms with Crippen molar-refractivity contribution in [3.63, 3.8) is 0 Å². The first-order chi connectivity index (χ1) is 10.7. The Kier molecular flexibility index (Phi) is 6.61. The first-order valence-corrected chi connectivity index (χ1v) is 9.90. The van der Waals surface area contributed by atoms with Gasteiger partial charge >= 0.3 is 5.97 Å². The number of carbonyl (C=O) groups is 1. The molecule has 0 aliphatic heterocycles. The molecule has 0 N–H and O–H groups in total. The maximum Gasteiger partial charge on any atom is 0.312 e. The molecule has 0 aromatic rings. The Bertz CT molecular complexity index is 426. The van der Waals surface area contributed by atoms with E-state index in [0.29, 0.717) is 17.8 Å². The minimum Gasteiger partial charge on any atom is -0.461 e. The summed E-state index contributed by atoms with van der Waals surface area (Å²) >= 11 is 0. The van der Waals surface area contributed by atoms with Gasteiger partial charge in [-0.05, 0) is 55.3 Å². The Morgan fingerprint density at radius 3 is 1.96 bits per heavy atom. The standard InChI is InChI=1S/C22H42O2/c1-11-22(10,14-20(4,5)6)19(23)24-18-16(3)12-15(2)13-17(18)21(7,8)9/h15-18H,11-14H2,1-10H3. The lowest BCUT2D eigenvalue weighted by Gasteiger charge is -2.46. The van der Waals surface area contributed by atoms with E-state index in [1.165, 1.54) is 0 Å². The Balaban J connectivity index is 2.99. The summed E-state index contributed by atoms with van der Waals surface area (Å²) in [6, 6.07) is 0. The number of esters is 1. The molecule has 24 heavy (non-hydrogen) atoms. The minimum absolute atomic E-state index is 0.0144. The van der Waals surface area contributed by atoms with Gasteiger partial charge in [-0.1, -0.05) is 62.3 Å². The van der Waals surface area contributed by atoms with Crippen LogP contribution in [0.1, 0.15) is 94.9 Å². The van der Waals surface area contributed by atoms with Crippen LogP contribution in [0.25, 0.3) is 0 Å². The average Bonchev–Trinajstić information content (AvgIpc) is 2.38. The molecule has 5 unspecified atom stereocenters. The Hall–Kier alpha value is -0.530. The Morgan fingerprint density at radius 1 is 1.00 bits per heavy atom. The molecule has 1 aliphatic rings. The quantitative estimate of drug-likeness (QED) is 0.548. The highest BCUT2D eigenvalue weighted by Crippen LogP contribution is 2.46. The van der Waals surface area contributed by atoms with Crippen molar-refractivity contribution in [1.82, 2.24) is 0 Å². The van der Waals surface area contributed by atoms with E-state index in [1.54, 1.807) is 0 Å².